The zero-order valence-electron chi connectivity index (χ0n) is 17.0. The Balaban J connectivity index is 1.62. The van der Waals surface area contributed by atoms with E-state index in [1.54, 1.807) is 26.0 Å². The van der Waals surface area contributed by atoms with E-state index in [0.717, 1.165) is 19.4 Å². The predicted octanol–water partition coefficient (Wildman–Crippen LogP) is 2.66. The predicted molar refractivity (Wildman–Crippen MR) is 111 cm³/mol. The molecule has 1 aliphatic heterocycles. The highest BCUT2D eigenvalue weighted by Crippen LogP contribution is 2.23. The van der Waals surface area contributed by atoms with E-state index in [2.05, 4.69) is 26.2 Å². The number of nitriles is 1. The normalized spacial score (nSPS) is 17.3. The van der Waals surface area contributed by atoms with Gasteiger partial charge in [-0.1, -0.05) is 5.16 Å². The minimum absolute atomic E-state index is 0.0503. The third kappa shape index (κ3) is 5.17. The molecule has 1 fully saturated rings. The lowest BCUT2D eigenvalue weighted by Crippen LogP contribution is -2.41. The summed E-state index contributed by atoms with van der Waals surface area (Å²) >= 11 is 0. The van der Waals surface area contributed by atoms with Crippen molar-refractivity contribution in [3.05, 3.63) is 35.5 Å². The first-order valence-corrected chi connectivity index (χ1v) is 11.2. The van der Waals surface area contributed by atoms with Gasteiger partial charge in [0, 0.05) is 30.8 Å². The SMILES string of the molecule is Cc1noc(NS(=O)(=O)c2ccc(NC(=O)C3CCCN(CCC#N)C3)cc2)c1C. The Morgan fingerprint density at radius 1 is 1.33 bits per heavy atom. The van der Waals surface area contributed by atoms with Crippen LogP contribution in [0.3, 0.4) is 0 Å². The van der Waals surface area contributed by atoms with Gasteiger partial charge in [-0.3, -0.25) is 4.79 Å². The van der Waals surface area contributed by atoms with E-state index >= 15 is 0 Å². The maximum absolute atomic E-state index is 12.6. The summed E-state index contributed by atoms with van der Waals surface area (Å²) < 4.78 is 32.5. The molecule has 30 heavy (non-hydrogen) atoms. The van der Waals surface area contributed by atoms with Gasteiger partial charge in [-0.05, 0) is 57.5 Å². The summed E-state index contributed by atoms with van der Waals surface area (Å²) in [5.41, 5.74) is 1.76. The smallest absolute Gasteiger partial charge is 0.264 e. The van der Waals surface area contributed by atoms with Crippen molar-refractivity contribution in [2.24, 2.45) is 5.92 Å². The second-order valence-corrected chi connectivity index (χ2v) is 9.07. The number of aryl methyl sites for hydroxylation is 1. The fraction of sp³-hybridized carbons (Fsp3) is 0.450. The van der Waals surface area contributed by atoms with Gasteiger partial charge in [0.25, 0.3) is 10.0 Å². The van der Waals surface area contributed by atoms with Crippen LogP contribution in [0.15, 0.2) is 33.7 Å². The average molecular weight is 432 g/mol. The van der Waals surface area contributed by atoms with E-state index in [0.29, 0.717) is 36.5 Å². The number of rotatable bonds is 7. The molecule has 1 atom stereocenters. The van der Waals surface area contributed by atoms with Gasteiger partial charge >= 0.3 is 0 Å². The van der Waals surface area contributed by atoms with Crippen LogP contribution in [0.25, 0.3) is 0 Å². The summed E-state index contributed by atoms with van der Waals surface area (Å²) in [6.45, 7) is 5.64. The van der Waals surface area contributed by atoms with Crippen LogP contribution in [0.5, 0.6) is 0 Å². The maximum Gasteiger partial charge on any atom is 0.264 e. The van der Waals surface area contributed by atoms with Crippen molar-refractivity contribution in [2.75, 3.05) is 29.7 Å². The Hall–Kier alpha value is -2.90. The number of benzene rings is 1. The van der Waals surface area contributed by atoms with Crippen LogP contribution >= 0.6 is 0 Å². The molecule has 1 aromatic carbocycles. The summed E-state index contributed by atoms with van der Waals surface area (Å²) in [5, 5.41) is 15.3. The number of amides is 1. The largest absolute Gasteiger partial charge is 0.337 e. The lowest BCUT2D eigenvalue weighted by atomic mass is 9.97. The van der Waals surface area contributed by atoms with Crippen LogP contribution in [0.2, 0.25) is 0 Å². The summed E-state index contributed by atoms with van der Waals surface area (Å²) in [6.07, 6.45) is 2.15. The molecule has 1 aromatic heterocycles. The third-order valence-corrected chi connectivity index (χ3v) is 6.58. The highest BCUT2D eigenvalue weighted by molar-refractivity contribution is 7.92. The molecule has 9 nitrogen and oxygen atoms in total. The lowest BCUT2D eigenvalue weighted by molar-refractivity contribution is -0.121. The standard InChI is InChI=1S/C20H25N5O4S/c1-14-15(2)23-29-20(14)24-30(27,28)18-8-6-17(7-9-18)22-19(26)16-5-3-11-25(13-16)12-4-10-21/h6-9,16,24H,3-5,11-13H2,1-2H3,(H,22,26). The Bertz CT molecular complexity index is 1040. The minimum atomic E-state index is -3.83. The molecular weight excluding hydrogens is 406 g/mol. The van der Waals surface area contributed by atoms with Crippen molar-refractivity contribution in [2.45, 2.75) is 38.0 Å². The molecule has 0 aliphatic carbocycles. The topological polar surface area (TPSA) is 128 Å². The number of nitrogens with zero attached hydrogens (tertiary/aromatic N) is 3. The number of nitrogens with one attached hydrogen (secondary N) is 2. The Labute approximate surface area is 176 Å². The van der Waals surface area contributed by atoms with Crippen LogP contribution in [0, 0.1) is 31.1 Å². The molecule has 1 unspecified atom stereocenters. The molecule has 3 rings (SSSR count). The molecule has 0 radical (unpaired) electrons. The molecule has 1 aliphatic rings. The Morgan fingerprint density at radius 3 is 2.70 bits per heavy atom. The summed E-state index contributed by atoms with van der Waals surface area (Å²) in [7, 11) is -3.83. The summed E-state index contributed by atoms with van der Waals surface area (Å²) in [4.78, 5) is 14.8. The van der Waals surface area contributed by atoms with E-state index in [4.69, 9.17) is 9.78 Å². The number of hydrogen-bond donors (Lipinski definition) is 2. The monoisotopic (exact) mass is 431 g/mol. The second kappa shape index (κ2) is 9.28. The van der Waals surface area contributed by atoms with Crippen molar-refractivity contribution in [3.8, 4) is 6.07 Å². The van der Waals surface area contributed by atoms with Gasteiger partial charge in [0.15, 0.2) is 0 Å². The highest BCUT2D eigenvalue weighted by Gasteiger charge is 2.26. The van der Waals surface area contributed by atoms with Gasteiger partial charge in [0.2, 0.25) is 11.8 Å². The first-order chi connectivity index (χ1) is 14.3. The van der Waals surface area contributed by atoms with Gasteiger partial charge in [0.05, 0.1) is 22.6 Å². The number of piperidine rings is 1. The van der Waals surface area contributed by atoms with Crippen molar-refractivity contribution in [1.29, 1.82) is 5.26 Å². The van der Waals surface area contributed by atoms with Crippen LogP contribution in [-0.2, 0) is 14.8 Å². The molecule has 0 spiro atoms. The van der Waals surface area contributed by atoms with E-state index in [1.165, 1.54) is 12.1 Å². The molecule has 1 amide bonds. The molecule has 10 heteroatoms. The van der Waals surface area contributed by atoms with E-state index in [9.17, 15) is 13.2 Å². The van der Waals surface area contributed by atoms with E-state index < -0.39 is 10.0 Å². The molecule has 2 N–H and O–H groups in total. The highest BCUT2D eigenvalue weighted by atomic mass is 32.2. The lowest BCUT2D eigenvalue weighted by Gasteiger charge is -2.31. The van der Waals surface area contributed by atoms with Gasteiger partial charge in [-0.2, -0.15) is 5.26 Å². The molecule has 0 bridgehead atoms. The fourth-order valence-electron chi connectivity index (χ4n) is 3.33. The van der Waals surface area contributed by atoms with Gasteiger partial charge < -0.3 is 14.7 Å². The van der Waals surface area contributed by atoms with Crippen molar-refractivity contribution >= 4 is 27.5 Å². The second-order valence-electron chi connectivity index (χ2n) is 7.39. The quantitative estimate of drug-likeness (QED) is 0.689. The van der Waals surface area contributed by atoms with Crippen molar-refractivity contribution < 1.29 is 17.7 Å². The molecule has 1 saturated heterocycles. The number of aromatic nitrogens is 1. The van der Waals surface area contributed by atoms with Gasteiger partial charge in [0.1, 0.15) is 0 Å². The number of carbonyl (C=O) groups is 1. The zero-order chi connectivity index (χ0) is 21.7. The number of sulfonamides is 1. The number of carbonyl (C=O) groups excluding carboxylic acids is 1. The Morgan fingerprint density at radius 2 is 2.07 bits per heavy atom. The number of hydrogen-bond acceptors (Lipinski definition) is 7. The number of anilines is 2. The van der Waals surface area contributed by atoms with E-state index in [1.807, 2.05) is 0 Å². The molecule has 2 aromatic rings. The minimum Gasteiger partial charge on any atom is -0.337 e. The zero-order valence-corrected chi connectivity index (χ0v) is 17.8. The van der Waals surface area contributed by atoms with Crippen LogP contribution in [0.4, 0.5) is 11.6 Å². The maximum atomic E-state index is 12.6. The fourth-order valence-corrected chi connectivity index (χ4v) is 4.38. The first kappa shape index (κ1) is 21.8. The van der Waals surface area contributed by atoms with Crippen LogP contribution in [0.1, 0.15) is 30.5 Å². The van der Waals surface area contributed by atoms with Gasteiger partial charge in [-0.25, -0.2) is 13.1 Å². The van der Waals surface area contributed by atoms with Crippen LogP contribution in [-0.4, -0.2) is 44.0 Å². The molecular formula is C20H25N5O4S. The van der Waals surface area contributed by atoms with Gasteiger partial charge in [-0.15, -0.1) is 0 Å². The summed E-state index contributed by atoms with van der Waals surface area (Å²) in [5.74, 6) is -0.165. The Kier molecular flexibility index (Phi) is 6.74. The number of likely N-dealkylation sites (tertiary alicyclic amines) is 1. The molecule has 2 heterocycles. The van der Waals surface area contributed by atoms with Crippen molar-refractivity contribution in [3.63, 3.8) is 0 Å². The first-order valence-electron chi connectivity index (χ1n) is 9.76. The molecule has 0 saturated carbocycles. The summed E-state index contributed by atoms with van der Waals surface area (Å²) in [6, 6.07) is 8.10. The van der Waals surface area contributed by atoms with E-state index in [-0.39, 0.29) is 22.6 Å². The van der Waals surface area contributed by atoms with Crippen LogP contribution < -0.4 is 10.0 Å². The third-order valence-electron chi connectivity index (χ3n) is 5.23. The average Bonchev–Trinajstić information content (AvgIpc) is 3.04. The molecule has 160 valence electrons. The van der Waals surface area contributed by atoms with Crippen molar-refractivity contribution in [1.82, 2.24) is 10.1 Å².